The van der Waals surface area contributed by atoms with Crippen LogP contribution in [-0.4, -0.2) is 30.5 Å². The highest BCUT2D eigenvalue weighted by Gasteiger charge is 2.15. The summed E-state index contributed by atoms with van der Waals surface area (Å²) < 4.78 is 29.9. The van der Waals surface area contributed by atoms with Gasteiger partial charge in [-0.1, -0.05) is 23.9 Å². The lowest BCUT2D eigenvalue weighted by Crippen LogP contribution is -2.35. The summed E-state index contributed by atoms with van der Waals surface area (Å²) in [5.41, 5.74) is 0.0756. The lowest BCUT2D eigenvalue weighted by molar-refractivity contribution is 0.0530. The van der Waals surface area contributed by atoms with E-state index in [9.17, 15) is 13.6 Å². The summed E-state index contributed by atoms with van der Waals surface area (Å²) in [7, 11) is 0. The number of benzene rings is 1. The van der Waals surface area contributed by atoms with Gasteiger partial charge in [0.05, 0.1) is 0 Å². The quantitative estimate of drug-likeness (QED) is 0.616. The number of carbonyl (C=O) groups excluding carboxylic acids is 1. The van der Waals surface area contributed by atoms with Gasteiger partial charge in [-0.25, -0.2) is 4.79 Å². The van der Waals surface area contributed by atoms with Crippen molar-refractivity contribution in [1.82, 2.24) is 5.32 Å². The summed E-state index contributed by atoms with van der Waals surface area (Å²) in [6, 6.07) is 6.81. The molecule has 2 N–H and O–H groups in total. The molecular weight excluding hydrogens is 298 g/mol. The summed E-state index contributed by atoms with van der Waals surface area (Å²) in [6.07, 6.45) is -0.500. The molecule has 21 heavy (non-hydrogen) atoms. The number of nitrogens with one attached hydrogen (secondary N) is 2. The Morgan fingerprint density at radius 1 is 1.29 bits per heavy atom. The van der Waals surface area contributed by atoms with E-state index in [2.05, 4.69) is 10.6 Å². The molecule has 0 atom stereocenters. The van der Waals surface area contributed by atoms with Gasteiger partial charge in [-0.15, -0.1) is 0 Å². The lowest BCUT2D eigenvalue weighted by atomic mass is 10.2. The fourth-order valence-corrected chi connectivity index (χ4v) is 2.10. The van der Waals surface area contributed by atoms with Gasteiger partial charge in [-0.05, 0) is 32.9 Å². The smallest absolute Gasteiger partial charge is 0.407 e. The molecule has 0 aliphatic carbocycles. The van der Waals surface area contributed by atoms with Crippen LogP contribution in [0.15, 0.2) is 29.2 Å². The minimum atomic E-state index is -2.46. The second kappa shape index (κ2) is 8.07. The molecule has 0 bridgehead atoms. The van der Waals surface area contributed by atoms with Crippen molar-refractivity contribution in [3.05, 3.63) is 24.3 Å². The van der Waals surface area contributed by atoms with Gasteiger partial charge < -0.3 is 15.4 Å². The van der Waals surface area contributed by atoms with E-state index >= 15 is 0 Å². The van der Waals surface area contributed by atoms with Crippen molar-refractivity contribution in [2.45, 2.75) is 37.0 Å². The Labute approximate surface area is 127 Å². The number of para-hydroxylation sites is 1. The van der Waals surface area contributed by atoms with E-state index in [0.29, 0.717) is 35.4 Å². The molecular formula is C14H20F2N2O2S. The van der Waals surface area contributed by atoms with Crippen LogP contribution in [0.1, 0.15) is 20.8 Å². The van der Waals surface area contributed by atoms with Crippen LogP contribution in [0, 0.1) is 0 Å². The Morgan fingerprint density at radius 3 is 2.57 bits per heavy atom. The zero-order valence-electron chi connectivity index (χ0n) is 12.3. The third-order valence-corrected chi connectivity index (χ3v) is 3.00. The van der Waals surface area contributed by atoms with E-state index in [-0.39, 0.29) is 0 Å². The molecule has 7 heteroatoms. The number of hydrogen-bond acceptors (Lipinski definition) is 4. The van der Waals surface area contributed by atoms with Gasteiger partial charge in [0.25, 0.3) is 5.76 Å². The topological polar surface area (TPSA) is 50.4 Å². The minimum absolute atomic E-state index is 0.336. The van der Waals surface area contributed by atoms with Crippen LogP contribution in [0.2, 0.25) is 0 Å². The number of hydrogen-bond donors (Lipinski definition) is 2. The van der Waals surface area contributed by atoms with Gasteiger partial charge in [0.1, 0.15) is 5.60 Å². The third-order valence-electron chi connectivity index (χ3n) is 2.21. The number of ether oxygens (including phenoxy) is 1. The molecule has 0 heterocycles. The molecule has 0 aliphatic rings. The van der Waals surface area contributed by atoms with Gasteiger partial charge in [-0.2, -0.15) is 8.78 Å². The average Bonchev–Trinajstić information content (AvgIpc) is 2.33. The van der Waals surface area contributed by atoms with Crippen LogP contribution < -0.4 is 10.6 Å². The van der Waals surface area contributed by atoms with Crippen molar-refractivity contribution in [3.8, 4) is 0 Å². The van der Waals surface area contributed by atoms with Crippen molar-refractivity contribution >= 4 is 23.5 Å². The highest BCUT2D eigenvalue weighted by molar-refractivity contribution is 7.99. The summed E-state index contributed by atoms with van der Waals surface area (Å²) in [6.45, 7) is 6.09. The SMILES string of the molecule is CC(C)(C)OC(=O)NCCNc1ccccc1SC(F)F. The Kier molecular flexibility index (Phi) is 6.74. The molecule has 0 aromatic heterocycles. The first kappa shape index (κ1) is 17.6. The van der Waals surface area contributed by atoms with Gasteiger partial charge in [0.15, 0.2) is 0 Å². The largest absolute Gasteiger partial charge is 0.444 e. The lowest BCUT2D eigenvalue weighted by Gasteiger charge is -2.19. The van der Waals surface area contributed by atoms with Crippen LogP contribution >= 0.6 is 11.8 Å². The number of carbonyl (C=O) groups is 1. The Hall–Kier alpha value is -1.50. The molecule has 0 fully saturated rings. The van der Waals surface area contributed by atoms with E-state index in [4.69, 9.17) is 4.74 Å². The molecule has 0 saturated carbocycles. The molecule has 118 valence electrons. The first-order chi connectivity index (χ1) is 9.78. The van der Waals surface area contributed by atoms with Crippen molar-refractivity contribution in [2.24, 2.45) is 0 Å². The van der Waals surface area contributed by atoms with Crippen LogP contribution in [0.5, 0.6) is 0 Å². The monoisotopic (exact) mass is 318 g/mol. The molecule has 1 amide bonds. The number of thioether (sulfide) groups is 1. The molecule has 0 unspecified atom stereocenters. The number of alkyl halides is 2. The van der Waals surface area contributed by atoms with Crippen molar-refractivity contribution in [2.75, 3.05) is 18.4 Å². The highest BCUT2D eigenvalue weighted by atomic mass is 32.2. The predicted octanol–water partition coefficient (Wildman–Crippen LogP) is 3.94. The van der Waals surface area contributed by atoms with Crippen LogP contribution in [0.4, 0.5) is 19.3 Å². The van der Waals surface area contributed by atoms with Crippen LogP contribution in [-0.2, 0) is 4.74 Å². The zero-order valence-corrected chi connectivity index (χ0v) is 13.1. The molecule has 1 rings (SSSR count). The van der Waals surface area contributed by atoms with E-state index in [1.165, 1.54) is 0 Å². The predicted molar refractivity (Wildman–Crippen MR) is 81.0 cm³/mol. The third kappa shape index (κ3) is 7.75. The summed E-state index contributed by atoms with van der Waals surface area (Å²) >= 11 is 0.489. The van der Waals surface area contributed by atoms with Crippen LogP contribution in [0.25, 0.3) is 0 Å². The molecule has 0 saturated heterocycles. The maximum absolute atomic E-state index is 12.4. The van der Waals surface area contributed by atoms with Crippen molar-refractivity contribution in [1.29, 1.82) is 0 Å². The Bertz CT molecular complexity index is 465. The van der Waals surface area contributed by atoms with E-state index in [0.717, 1.165) is 0 Å². The number of rotatable bonds is 6. The number of anilines is 1. The molecule has 0 spiro atoms. The maximum atomic E-state index is 12.4. The highest BCUT2D eigenvalue weighted by Crippen LogP contribution is 2.31. The number of halogens is 2. The standard InChI is InChI=1S/C14H20F2N2O2S/c1-14(2,3)20-13(19)18-9-8-17-10-6-4-5-7-11(10)21-12(15)16/h4-7,12,17H,8-9H2,1-3H3,(H,18,19). The molecule has 1 aromatic carbocycles. The summed E-state index contributed by atoms with van der Waals surface area (Å²) in [5, 5.41) is 5.60. The summed E-state index contributed by atoms with van der Waals surface area (Å²) in [4.78, 5) is 11.9. The van der Waals surface area contributed by atoms with Crippen LogP contribution in [0.3, 0.4) is 0 Å². The number of amides is 1. The number of alkyl carbamates (subject to hydrolysis) is 1. The minimum Gasteiger partial charge on any atom is -0.444 e. The fraction of sp³-hybridized carbons (Fsp3) is 0.500. The maximum Gasteiger partial charge on any atom is 0.407 e. The van der Waals surface area contributed by atoms with E-state index in [1.807, 2.05) is 0 Å². The molecule has 1 aromatic rings. The van der Waals surface area contributed by atoms with E-state index < -0.39 is 17.5 Å². The van der Waals surface area contributed by atoms with Gasteiger partial charge in [0, 0.05) is 23.7 Å². The normalized spacial score (nSPS) is 11.3. The second-order valence-electron chi connectivity index (χ2n) is 5.23. The Morgan fingerprint density at radius 2 is 1.95 bits per heavy atom. The molecule has 4 nitrogen and oxygen atoms in total. The first-order valence-corrected chi connectivity index (χ1v) is 7.40. The van der Waals surface area contributed by atoms with Crippen molar-refractivity contribution < 1.29 is 18.3 Å². The van der Waals surface area contributed by atoms with Gasteiger partial charge in [-0.3, -0.25) is 0 Å². The van der Waals surface area contributed by atoms with Gasteiger partial charge >= 0.3 is 6.09 Å². The fourth-order valence-electron chi connectivity index (χ4n) is 1.49. The average molecular weight is 318 g/mol. The molecule has 0 radical (unpaired) electrons. The second-order valence-corrected chi connectivity index (χ2v) is 6.26. The first-order valence-electron chi connectivity index (χ1n) is 6.52. The zero-order chi connectivity index (χ0) is 15.9. The van der Waals surface area contributed by atoms with Gasteiger partial charge in [0.2, 0.25) is 0 Å². The van der Waals surface area contributed by atoms with E-state index in [1.54, 1.807) is 45.0 Å². The summed E-state index contributed by atoms with van der Waals surface area (Å²) in [5.74, 6) is -2.46. The Balaban J connectivity index is 2.38. The molecule has 0 aliphatic heterocycles. The van der Waals surface area contributed by atoms with Crippen molar-refractivity contribution in [3.63, 3.8) is 0 Å².